The van der Waals surface area contributed by atoms with Crippen molar-refractivity contribution in [3.63, 3.8) is 0 Å². The first-order chi connectivity index (χ1) is 9.56. The molecule has 2 rings (SSSR count). The number of nitrogens with zero attached hydrogens (tertiary/aromatic N) is 1. The highest BCUT2D eigenvalue weighted by molar-refractivity contribution is 6.04. The summed E-state index contributed by atoms with van der Waals surface area (Å²) in [6, 6.07) is 7.33. The molecule has 116 valence electrons. The molecule has 1 aliphatic rings. The molecule has 5 nitrogen and oxygen atoms in total. The van der Waals surface area contributed by atoms with Crippen molar-refractivity contribution in [2.45, 2.75) is 25.8 Å². The number of halogens is 1. The van der Waals surface area contributed by atoms with Gasteiger partial charge in [0.1, 0.15) is 0 Å². The maximum atomic E-state index is 12.0. The first kappa shape index (κ1) is 17.6. The molecule has 1 saturated heterocycles. The zero-order valence-corrected chi connectivity index (χ0v) is 13.0. The third-order valence-corrected chi connectivity index (χ3v) is 3.58. The summed E-state index contributed by atoms with van der Waals surface area (Å²) in [4.78, 5) is 25.6. The fraction of sp³-hybridized carbons (Fsp3) is 0.467. The molecule has 1 aromatic carbocycles. The third kappa shape index (κ3) is 5.12. The van der Waals surface area contributed by atoms with Gasteiger partial charge in [-0.05, 0) is 31.9 Å². The van der Waals surface area contributed by atoms with Gasteiger partial charge < -0.3 is 11.1 Å². The van der Waals surface area contributed by atoms with Crippen molar-refractivity contribution in [2.24, 2.45) is 5.73 Å². The summed E-state index contributed by atoms with van der Waals surface area (Å²) >= 11 is 0. The molecule has 0 saturated carbocycles. The van der Waals surface area contributed by atoms with E-state index in [9.17, 15) is 9.59 Å². The van der Waals surface area contributed by atoms with E-state index in [4.69, 9.17) is 5.73 Å². The number of amides is 1. The molecule has 0 aromatic heterocycles. The van der Waals surface area contributed by atoms with Crippen molar-refractivity contribution in [1.29, 1.82) is 0 Å². The summed E-state index contributed by atoms with van der Waals surface area (Å²) in [5.41, 5.74) is 6.96. The van der Waals surface area contributed by atoms with E-state index in [0.717, 1.165) is 25.9 Å². The highest BCUT2D eigenvalue weighted by atomic mass is 35.5. The lowest BCUT2D eigenvalue weighted by molar-refractivity contribution is -0.117. The van der Waals surface area contributed by atoms with Crippen LogP contribution in [-0.4, -0.2) is 42.3 Å². The Balaban J connectivity index is 0.00000220. The lowest BCUT2D eigenvalue weighted by Gasteiger charge is -2.29. The van der Waals surface area contributed by atoms with Gasteiger partial charge in [0.25, 0.3) is 0 Å². The van der Waals surface area contributed by atoms with Gasteiger partial charge in [0, 0.05) is 24.7 Å². The molecule has 0 unspecified atom stereocenters. The largest absolute Gasteiger partial charge is 0.328 e. The molecule has 1 fully saturated rings. The molecule has 0 atom stereocenters. The van der Waals surface area contributed by atoms with Crippen molar-refractivity contribution >= 4 is 29.8 Å². The second-order valence-electron chi connectivity index (χ2n) is 5.26. The number of benzene rings is 1. The molecule has 0 radical (unpaired) electrons. The molecule has 1 heterocycles. The number of hydrogen-bond donors (Lipinski definition) is 2. The van der Waals surface area contributed by atoms with Crippen LogP contribution in [0.2, 0.25) is 0 Å². The van der Waals surface area contributed by atoms with Gasteiger partial charge in [0.15, 0.2) is 5.78 Å². The van der Waals surface area contributed by atoms with Crippen molar-refractivity contribution in [3.8, 4) is 0 Å². The number of hydrogen-bond acceptors (Lipinski definition) is 4. The molecule has 3 N–H and O–H groups in total. The van der Waals surface area contributed by atoms with Gasteiger partial charge in [-0.15, -0.1) is 12.4 Å². The van der Waals surface area contributed by atoms with E-state index >= 15 is 0 Å². The van der Waals surface area contributed by atoms with Crippen molar-refractivity contribution in [2.75, 3.05) is 25.0 Å². The molecule has 1 amide bonds. The minimum absolute atomic E-state index is 0. The van der Waals surface area contributed by atoms with Gasteiger partial charge in [-0.25, -0.2) is 0 Å². The zero-order valence-electron chi connectivity index (χ0n) is 12.2. The quantitative estimate of drug-likeness (QED) is 0.830. The van der Waals surface area contributed by atoms with E-state index in [1.807, 2.05) is 6.07 Å². The second-order valence-corrected chi connectivity index (χ2v) is 5.26. The third-order valence-electron chi connectivity index (χ3n) is 3.58. The number of ketones is 1. The molecule has 1 aromatic rings. The van der Waals surface area contributed by atoms with Crippen LogP contribution in [0.3, 0.4) is 0 Å². The number of rotatable bonds is 4. The van der Waals surface area contributed by atoms with Crippen LogP contribution in [-0.2, 0) is 4.79 Å². The summed E-state index contributed by atoms with van der Waals surface area (Å²) in [6.45, 7) is 3.54. The van der Waals surface area contributed by atoms with E-state index < -0.39 is 0 Å². The Morgan fingerprint density at radius 3 is 2.52 bits per heavy atom. The van der Waals surface area contributed by atoms with Crippen molar-refractivity contribution < 1.29 is 9.59 Å². The Bertz CT molecular complexity index is 499. The highest BCUT2D eigenvalue weighted by Gasteiger charge is 2.18. The van der Waals surface area contributed by atoms with Gasteiger partial charge in [0.05, 0.1) is 12.2 Å². The minimum Gasteiger partial charge on any atom is -0.328 e. The van der Waals surface area contributed by atoms with Gasteiger partial charge in [-0.3, -0.25) is 14.5 Å². The Labute approximate surface area is 131 Å². The number of para-hydroxylation sites is 1. The molecule has 0 spiro atoms. The Kier molecular flexibility index (Phi) is 6.81. The SMILES string of the molecule is CC(=O)c1ccccc1NC(=O)CN1CCC(N)CC1.Cl. The molecule has 0 bridgehead atoms. The highest BCUT2D eigenvalue weighted by Crippen LogP contribution is 2.16. The van der Waals surface area contributed by atoms with Crippen LogP contribution in [0.25, 0.3) is 0 Å². The topological polar surface area (TPSA) is 75.4 Å². The molecule has 21 heavy (non-hydrogen) atoms. The van der Waals surface area contributed by atoms with Crippen LogP contribution in [0.1, 0.15) is 30.1 Å². The number of Topliss-reactive ketones (excluding diaryl/α,β-unsaturated/α-hetero) is 1. The van der Waals surface area contributed by atoms with Crippen molar-refractivity contribution in [1.82, 2.24) is 4.90 Å². The first-order valence-electron chi connectivity index (χ1n) is 6.94. The lowest BCUT2D eigenvalue weighted by atomic mass is 10.1. The summed E-state index contributed by atoms with van der Waals surface area (Å²) in [7, 11) is 0. The summed E-state index contributed by atoms with van der Waals surface area (Å²) in [5.74, 6) is -0.140. The Morgan fingerprint density at radius 1 is 1.29 bits per heavy atom. The normalized spacial score (nSPS) is 16.1. The standard InChI is InChI=1S/C15H21N3O2.ClH/c1-11(19)13-4-2-3-5-14(13)17-15(20)10-18-8-6-12(16)7-9-18;/h2-5,12H,6-10,16H2,1H3,(H,17,20);1H. The van der Waals surface area contributed by atoms with E-state index in [-0.39, 0.29) is 30.1 Å². The number of carbonyl (C=O) groups is 2. The van der Waals surface area contributed by atoms with Gasteiger partial charge in [-0.2, -0.15) is 0 Å². The molecule has 6 heteroatoms. The van der Waals surface area contributed by atoms with Crippen LogP contribution in [0.15, 0.2) is 24.3 Å². The summed E-state index contributed by atoms with van der Waals surface area (Å²) in [5, 5.41) is 2.82. The average Bonchev–Trinajstić information content (AvgIpc) is 2.41. The predicted octanol–water partition coefficient (Wildman–Crippen LogP) is 1.67. The molecule has 1 aliphatic heterocycles. The molecular weight excluding hydrogens is 290 g/mol. The van der Waals surface area contributed by atoms with Crippen LogP contribution in [0.4, 0.5) is 5.69 Å². The number of carbonyl (C=O) groups excluding carboxylic acids is 2. The number of nitrogens with two attached hydrogens (primary N) is 1. The maximum absolute atomic E-state index is 12.0. The number of nitrogens with one attached hydrogen (secondary N) is 1. The van der Waals surface area contributed by atoms with Crippen LogP contribution < -0.4 is 11.1 Å². The number of piperidine rings is 1. The minimum atomic E-state index is -0.0887. The number of likely N-dealkylation sites (tertiary alicyclic amines) is 1. The van der Waals surface area contributed by atoms with Crippen LogP contribution >= 0.6 is 12.4 Å². The fourth-order valence-corrected chi connectivity index (χ4v) is 2.40. The maximum Gasteiger partial charge on any atom is 0.238 e. The lowest BCUT2D eigenvalue weighted by Crippen LogP contribution is -2.43. The van der Waals surface area contributed by atoms with Crippen molar-refractivity contribution in [3.05, 3.63) is 29.8 Å². The van der Waals surface area contributed by atoms with E-state index in [0.29, 0.717) is 17.8 Å². The average molecular weight is 312 g/mol. The van der Waals surface area contributed by atoms with Gasteiger partial charge in [-0.1, -0.05) is 12.1 Å². The Morgan fingerprint density at radius 2 is 1.90 bits per heavy atom. The number of anilines is 1. The van der Waals surface area contributed by atoms with E-state index in [2.05, 4.69) is 10.2 Å². The first-order valence-corrected chi connectivity index (χ1v) is 6.94. The predicted molar refractivity (Wildman–Crippen MR) is 86.0 cm³/mol. The molecular formula is C15H22ClN3O2. The second kappa shape index (κ2) is 8.12. The van der Waals surface area contributed by atoms with E-state index in [1.165, 1.54) is 6.92 Å². The van der Waals surface area contributed by atoms with Crippen LogP contribution in [0.5, 0.6) is 0 Å². The van der Waals surface area contributed by atoms with Gasteiger partial charge in [0.2, 0.25) is 5.91 Å². The zero-order chi connectivity index (χ0) is 14.5. The molecule has 0 aliphatic carbocycles. The summed E-state index contributed by atoms with van der Waals surface area (Å²) in [6.07, 6.45) is 1.86. The smallest absolute Gasteiger partial charge is 0.238 e. The van der Waals surface area contributed by atoms with Gasteiger partial charge >= 0.3 is 0 Å². The monoisotopic (exact) mass is 311 g/mol. The Hall–Kier alpha value is -1.43. The van der Waals surface area contributed by atoms with Crippen LogP contribution in [0, 0.1) is 0 Å². The van der Waals surface area contributed by atoms with E-state index in [1.54, 1.807) is 18.2 Å². The summed E-state index contributed by atoms with van der Waals surface area (Å²) < 4.78 is 0. The fourth-order valence-electron chi connectivity index (χ4n) is 2.40.